The monoisotopic (exact) mass is 417 g/mol. The van der Waals surface area contributed by atoms with Gasteiger partial charge in [0.2, 0.25) is 10.0 Å². The summed E-state index contributed by atoms with van der Waals surface area (Å²) in [5.74, 6) is 0.336. The van der Waals surface area contributed by atoms with Crippen molar-refractivity contribution in [3.63, 3.8) is 0 Å². The van der Waals surface area contributed by atoms with Gasteiger partial charge in [0.05, 0.1) is 7.11 Å². The van der Waals surface area contributed by atoms with Crippen LogP contribution in [0.1, 0.15) is 18.5 Å². The lowest BCUT2D eigenvalue weighted by Gasteiger charge is -2.16. The molecule has 0 radical (unpaired) electrons. The normalized spacial score (nSPS) is 12.9. The van der Waals surface area contributed by atoms with Gasteiger partial charge in [0.15, 0.2) is 0 Å². The van der Waals surface area contributed by atoms with Crippen LogP contribution in [0.4, 0.5) is 0 Å². The highest BCUT2D eigenvalue weighted by atomic mass is 127. The largest absolute Gasteiger partial charge is 0.495 e. The minimum absolute atomic E-state index is 0.152. The average Bonchev–Trinajstić information content (AvgIpc) is 2.47. The molecule has 6 heteroatoms. The molecule has 2 aromatic carbocycles. The Kier molecular flexibility index (Phi) is 5.23. The van der Waals surface area contributed by atoms with E-state index in [0.29, 0.717) is 5.75 Å². The third-order valence-electron chi connectivity index (χ3n) is 3.05. The number of halogens is 1. The number of sulfonamides is 1. The van der Waals surface area contributed by atoms with E-state index in [2.05, 4.69) is 27.3 Å². The standard InChI is InChI=1S/C15H16INO3S/c1-11(12-6-4-3-5-7-12)17-21(18,19)15-10-13(16)8-9-14(15)20-2/h3-11,17H,1-2H3. The zero-order valence-electron chi connectivity index (χ0n) is 11.7. The number of hydrogen-bond acceptors (Lipinski definition) is 3. The van der Waals surface area contributed by atoms with E-state index >= 15 is 0 Å². The van der Waals surface area contributed by atoms with Gasteiger partial charge in [0.1, 0.15) is 10.6 Å². The van der Waals surface area contributed by atoms with Crippen molar-refractivity contribution >= 4 is 32.6 Å². The van der Waals surface area contributed by atoms with Crippen LogP contribution < -0.4 is 9.46 Å². The second kappa shape index (κ2) is 6.76. The third kappa shape index (κ3) is 3.96. The van der Waals surface area contributed by atoms with Crippen molar-refractivity contribution < 1.29 is 13.2 Å². The van der Waals surface area contributed by atoms with Crippen LogP contribution in [0, 0.1) is 3.57 Å². The molecule has 1 N–H and O–H groups in total. The molecule has 0 bridgehead atoms. The number of benzene rings is 2. The van der Waals surface area contributed by atoms with Gasteiger partial charge in [-0.25, -0.2) is 13.1 Å². The molecule has 2 aromatic rings. The van der Waals surface area contributed by atoms with Crippen LogP contribution in [0.5, 0.6) is 5.75 Å². The first-order chi connectivity index (χ1) is 9.94. The molecule has 1 unspecified atom stereocenters. The van der Waals surface area contributed by atoms with Crippen molar-refractivity contribution in [2.45, 2.75) is 17.9 Å². The van der Waals surface area contributed by atoms with Crippen LogP contribution >= 0.6 is 22.6 Å². The predicted octanol–water partition coefficient (Wildman–Crippen LogP) is 3.34. The fourth-order valence-corrected chi connectivity index (χ4v) is 4.10. The molecule has 1 atom stereocenters. The maximum atomic E-state index is 12.6. The van der Waals surface area contributed by atoms with Gasteiger partial charge in [-0.05, 0) is 53.3 Å². The zero-order valence-corrected chi connectivity index (χ0v) is 14.7. The number of hydrogen-bond donors (Lipinski definition) is 1. The lowest BCUT2D eigenvalue weighted by atomic mass is 10.1. The van der Waals surface area contributed by atoms with Crippen molar-refractivity contribution in [2.24, 2.45) is 0 Å². The number of methoxy groups -OCH3 is 1. The fraction of sp³-hybridized carbons (Fsp3) is 0.200. The lowest BCUT2D eigenvalue weighted by Crippen LogP contribution is -2.27. The van der Waals surface area contributed by atoms with Crippen LogP contribution in [-0.2, 0) is 10.0 Å². The molecule has 0 fully saturated rings. The molecule has 0 spiro atoms. The third-order valence-corrected chi connectivity index (χ3v) is 5.28. The minimum Gasteiger partial charge on any atom is -0.495 e. The summed E-state index contributed by atoms with van der Waals surface area (Å²) < 4.78 is 33.8. The first-order valence-corrected chi connectivity index (χ1v) is 8.91. The minimum atomic E-state index is -3.65. The summed E-state index contributed by atoms with van der Waals surface area (Å²) in [7, 11) is -2.19. The average molecular weight is 417 g/mol. The molecule has 0 amide bonds. The van der Waals surface area contributed by atoms with E-state index in [-0.39, 0.29) is 10.9 Å². The van der Waals surface area contributed by atoms with E-state index in [4.69, 9.17) is 4.74 Å². The molecule has 4 nitrogen and oxygen atoms in total. The Morgan fingerprint density at radius 1 is 1.14 bits per heavy atom. The highest BCUT2D eigenvalue weighted by Gasteiger charge is 2.22. The molecule has 112 valence electrons. The summed E-state index contributed by atoms with van der Waals surface area (Å²) in [5.41, 5.74) is 0.908. The summed E-state index contributed by atoms with van der Waals surface area (Å²) in [6, 6.07) is 14.2. The van der Waals surface area contributed by atoms with E-state index < -0.39 is 10.0 Å². The molecule has 21 heavy (non-hydrogen) atoms. The van der Waals surface area contributed by atoms with Gasteiger partial charge in [-0.1, -0.05) is 30.3 Å². The smallest absolute Gasteiger partial charge is 0.244 e. The number of ether oxygens (including phenoxy) is 1. The maximum Gasteiger partial charge on any atom is 0.244 e. The predicted molar refractivity (Wildman–Crippen MR) is 90.9 cm³/mol. The van der Waals surface area contributed by atoms with E-state index in [1.165, 1.54) is 7.11 Å². The van der Waals surface area contributed by atoms with E-state index in [0.717, 1.165) is 9.13 Å². The molecule has 0 aliphatic rings. The van der Waals surface area contributed by atoms with Crippen molar-refractivity contribution in [1.29, 1.82) is 0 Å². The molecule has 0 aliphatic heterocycles. The Morgan fingerprint density at radius 3 is 2.43 bits per heavy atom. The Bertz CT molecular complexity index is 717. The maximum absolute atomic E-state index is 12.6. The van der Waals surface area contributed by atoms with Gasteiger partial charge < -0.3 is 4.74 Å². The molecule has 0 saturated heterocycles. The van der Waals surface area contributed by atoms with Gasteiger partial charge in [0.25, 0.3) is 0 Å². The summed E-state index contributed by atoms with van der Waals surface area (Å²) in [6.45, 7) is 1.81. The van der Waals surface area contributed by atoms with E-state index in [9.17, 15) is 8.42 Å². The van der Waals surface area contributed by atoms with Gasteiger partial charge in [-0.3, -0.25) is 0 Å². The Morgan fingerprint density at radius 2 is 1.81 bits per heavy atom. The number of rotatable bonds is 5. The molecule has 0 heterocycles. The zero-order chi connectivity index (χ0) is 15.5. The van der Waals surface area contributed by atoms with Crippen molar-refractivity contribution in [2.75, 3.05) is 7.11 Å². The summed E-state index contributed by atoms with van der Waals surface area (Å²) in [6.07, 6.45) is 0. The quantitative estimate of drug-likeness (QED) is 0.760. The molecular weight excluding hydrogens is 401 g/mol. The number of nitrogens with one attached hydrogen (secondary N) is 1. The van der Waals surface area contributed by atoms with E-state index in [1.807, 2.05) is 37.3 Å². The molecule has 0 saturated carbocycles. The summed E-state index contributed by atoms with van der Waals surface area (Å²) in [5, 5.41) is 0. The second-order valence-electron chi connectivity index (χ2n) is 4.55. The van der Waals surface area contributed by atoms with Gasteiger partial charge in [-0.15, -0.1) is 0 Å². The Hall–Kier alpha value is -1.12. The molecule has 2 rings (SSSR count). The van der Waals surface area contributed by atoms with Crippen LogP contribution in [0.25, 0.3) is 0 Å². The van der Waals surface area contributed by atoms with Gasteiger partial charge in [-0.2, -0.15) is 0 Å². The first kappa shape index (κ1) is 16.3. The Labute approximate surface area is 138 Å². The van der Waals surface area contributed by atoms with Crippen molar-refractivity contribution in [1.82, 2.24) is 4.72 Å². The first-order valence-electron chi connectivity index (χ1n) is 6.35. The van der Waals surface area contributed by atoms with Crippen LogP contribution in [0.2, 0.25) is 0 Å². The highest BCUT2D eigenvalue weighted by Crippen LogP contribution is 2.27. The van der Waals surface area contributed by atoms with E-state index in [1.54, 1.807) is 18.2 Å². The Balaban J connectivity index is 2.33. The van der Waals surface area contributed by atoms with Crippen molar-refractivity contribution in [3.05, 3.63) is 57.7 Å². The van der Waals surface area contributed by atoms with Crippen molar-refractivity contribution in [3.8, 4) is 5.75 Å². The summed E-state index contributed by atoms with van der Waals surface area (Å²) >= 11 is 2.08. The van der Waals surface area contributed by atoms with Crippen LogP contribution in [0.15, 0.2) is 53.4 Å². The molecule has 0 aromatic heterocycles. The second-order valence-corrected chi connectivity index (χ2v) is 7.48. The van der Waals surface area contributed by atoms with Gasteiger partial charge >= 0.3 is 0 Å². The topological polar surface area (TPSA) is 55.4 Å². The van der Waals surface area contributed by atoms with Gasteiger partial charge in [0, 0.05) is 9.61 Å². The SMILES string of the molecule is COc1ccc(I)cc1S(=O)(=O)NC(C)c1ccccc1. The summed E-state index contributed by atoms with van der Waals surface area (Å²) in [4.78, 5) is 0.152. The fourth-order valence-electron chi connectivity index (χ4n) is 1.97. The van der Waals surface area contributed by atoms with Crippen LogP contribution in [0.3, 0.4) is 0 Å². The van der Waals surface area contributed by atoms with Crippen LogP contribution in [-0.4, -0.2) is 15.5 Å². The lowest BCUT2D eigenvalue weighted by molar-refractivity contribution is 0.402. The molecular formula is C15H16INO3S. The highest BCUT2D eigenvalue weighted by molar-refractivity contribution is 14.1. The molecule has 0 aliphatic carbocycles.